The van der Waals surface area contributed by atoms with Crippen LogP contribution in [0.5, 0.6) is 0 Å². The number of carbonyl (C=O) groups is 4. The average molecular weight is 534 g/mol. The van der Waals surface area contributed by atoms with E-state index in [2.05, 4.69) is 20.7 Å². The van der Waals surface area contributed by atoms with Crippen LogP contribution in [0.3, 0.4) is 0 Å². The number of amides is 2. The minimum absolute atomic E-state index is 0.0325. The number of hydrogen-bond acceptors (Lipinski definition) is 9. The van der Waals surface area contributed by atoms with Gasteiger partial charge in [0.05, 0.1) is 25.1 Å². The molecule has 0 radical (unpaired) electrons. The van der Waals surface area contributed by atoms with Crippen LogP contribution in [0.1, 0.15) is 40.2 Å². The molecule has 12 heteroatoms. The second-order valence-corrected chi connectivity index (χ2v) is 10.3. The van der Waals surface area contributed by atoms with Crippen LogP contribution in [0, 0.1) is 5.92 Å². The van der Waals surface area contributed by atoms with Gasteiger partial charge in [-0.3, -0.25) is 14.4 Å². The zero-order chi connectivity index (χ0) is 27.4. The third-order valence-electron chi connectivity index (χ3n) is 5.16. The van der Waals surface area contributed by atoms with E-state index in [0.717, 1.165) is 17.3 Å². The number of esters is 1. The summed E-state index contributed by atoms with van der Waals surface area (Å²) in [6.45, 7) is 8.59. The minimum Gasteiger partial charge on any atom is -0.464 e. The summed E-state index contributed by atoms with van der Waals surface area (Å²) in [6.07, 6.45) is 2.74. The molecule has 0 spiro atoms. The third kappa shape index (κ3) is 9.96. The highest BCUT2D eigenvalue weighted by atomic mass is 32.2. The zero-order valence-electron chi connectivity index (χ0n) is 21.8. The number of thioether (sulfide) groups is 1. The Balaban J connectivity index is 2.00. The van der Waals surface area contributed by atoms with Crippen LogP contribution in [0.4, 0.5) is 0 Å². The van der Waals surface area contributed by atoms with Crippen molar-refractivity contribution in [1.82, 2.24) is 25.4 Å². The number of benzene rings is 1. The van der Waals surface area contributed by atoms with Gasteiger partial charge in [0.15, 0.2) is 6.04 Å². The van der Waals surface area contributed by atoms with E-state index in [1.165, 1.54) is 31.2 Å². The molecule has 0 aliphatic heterocycles. The van der Waals surface area contributed by atoms with Crippen LogP contribution in [0.2, 0.25) is 0 Å². The van der Waals surface area contributed by atoms with Crippen LogP contribution in [-0.4, -0.2) is 67.7 Å². The number of carbonyl (C=O) groups excluding carboxylic acids is 4. The molecule has 0 fully saturated rings. The Bertz CT molecular complexity index is 1030. The molecule has 202 valence electrons. The first-order valence-corrected chi connectivity index (χ1v) is 12.8. The van der Waals surface area contributed by atoms with Crippen LogP contribution < -0.4 is 10.6 Å². The predicted molar refractivity (Wildman–Crippen MR) is 138 cm³/mol. The second-order valence-electron chi connectivity index (χ2n) is 9.14. The van der Waals surface area contributed by atoms with E-state index in [4.69, 9.17) is 9.47 Å². The number of rotatable bonds is 14. The smallest absolute Gasteiger partial charge is 0.331 e. The van der Waals surface area contributed by atoms with E-state index in [-0.39, 0.29) is 37.4 Å². The molecule has 37 heavy (non-hydrogen) atoms. The summed E-state index contributed by atoms with van der Waals surface area (Å²) in [5, 5.41) is 8.23. The maximum absolute atomic E-state index is 13.1. The highest BCUT2D eigenvalue weighted by Crippen LogP contribution is 2.22. The SMILES string of the molecule is CCOC(=O)[C@@H](COCc1ccccc1)NC(=O)C(C)(C)NC(=O)[C@@H](SC(=O)Cn1cncn1)C(C)C. The van der Waals surface area contributed by atoms with Gasteiger partial charge < -0.3 is 20.1 Å². The molecule has 1 heterocycles. The van der Waals surface area contributed by atoms with E-state index in [9.17, 15) is 19.2 Å². The Labute approximate surface area is 221 Å². The summed E-state index contributed by atoms with van der Waals surface area (Å²) in [5.74, 6) is -1.90. The molecule has 11 nitrogen and oxygen atoms in total. The Morgan fingerprint density at radius 2 is 1.84 bits per heavy atom. The molecule has 0 saturated heterocycles. The normalized spacial score (nSPS) is 13.0. The van der Waals surface area contributed by atoms with Gasteiger partial charge in [-0.25, -0.2) is 14.5 Å². The first-order valence-electron chi connectivity index (χ1n) is 12.0. The van der Waals surface area contributed by atoms with Gasteiger partial charge >= 0.3 is 5.97 Å². The van der Waals surface area contributed by atoms with Crippen molar-refractivity contribution in [1.29, 1.82) is 0 Å². The monoisotopic (exact) mass is 533 g/mol. The number of ether oxygens (including phenoxy) is 2. The van der Waals surface area contributed by atoms with Gasteiger partial charge in [0.2, 0.25) is 16.9 Å². The van der Waals surface area contributed by atoms with Gasteiger partial charge in [0, 0.05) is 0 Å². The molecule has 0 bridgehead atoms. The van der Waals surface area contributed by atoms with E-state index in [1.807, 2.05) is 44.2 Å². The Morgan fingerprint density at radius 1 is 1.14 bits per heavy atom. The topological polar surface area (TPSA) is 142 Å². The zero-order valence-corrected chi connectivity index (χ0v) is 22.6. The van der Waals surface area contributed by atoms with E-state index in [1.54, 1.807) is 6.92 Å². The summed E-state index contributed by atoms with van der Waals surface area (Å²) in [6, 6.07) is 8.34. The molecule has 2 aromatic rings. The van der Waals surface area contributed by atoms with E-state index < -0.39 is 34.6 Å². The summed E-state index contributed by atoms with van der Waals surface area (Å²) < 4.78 is 12.1. The molecule has 0 aliphatic carbocycles. The first-order chi connectivity index (χ1) is 17.5. The lowest BCUT2D eigenvalue weighted by Gasteiger charge is -2.30. The Hall–Kier alpha value is -3.25. The number of nitrogens with one attached hydrogen (secondary N) is 2. The molecular formula is C25H35N5O6S. The predicted octanol–water partition coefficient (Wildman–Crippen LogP) is 1.72. The van der Waals surface area contributed by atoms with Crippen molar-refractivity contribution in [2.75, 3.05) is 13.2 Å². The molecular weight excluding hydrogens is 498 g/mol. The van der Waals surface area contributed by atoms with Crippen molar-refractivity contribution in [3.05, 3.63) is 48.5 Å². The van der Waals surface area contributed by atoms with Crippen LogP contribution in [0.25, 0.3) is 0 Å². The quantitative estimate of drug-likeness (QED) is 0.347. The highest BCUT2D eigenvalue weighted by molar-refractivity contribution is 8.14. The van der Waals surface area contributed by atoms with E-state index in [0.29, 0.717) is 0 Å². The van der Waals surface area contributed by atoms with Crippen molar-refractivity contribution < 1.29 is 28.7 Å². The molecule has 2 amide bonds. The lowest BCUT2D eigenvalue weighted by atomic mass is 10.0. The van der Waals surface area contributed by atoms with Gasteiger partial charge in [0.1, 0.15) is 24.7 Å². The fraction of sp³-hybridized carbons (Fsp3) is 0.520. The number of hydrogen-bond donors (Lipinski definition) is 2. The van der Waals surface area contributed by atoms with Gasteiger partial charge in [-0.15, -0.1) is 0 Å². The molecule has 2 atom stereocenters. The average Bonchev–Trinajstić information content (AvgIpc) is 3.35. The Kier molecular flexibility index (Phi) is 11.7. The minimum atomic E-state index is -1.39. The number of aromatic nitrogens is 3. The summed E-state index contributed by atoms with van der Waals surface area (Å²) in [7, 11) is 0. The summed E-state index contributed by atoms with van der Waals surface area (Å²) in [4.78, 5) is 54.9. The fourth-order valence-electron chi connectivity index (χ4n) is 3.17. The Morgan fingerprint density at radius 3 is 2.43 bits per heavy atom. The number of nitrogens with zero attached hydrogens (tertiary/aromatic N) is 3. The van der Waals surface area contributed by atoms with Crippen molar-refractivity contribution in [2.24, 2.45) is 5.92 Å². The van der Waals surface area contributed by atoms with Gasteiger partial charge in [0.25, 0.3) is 0 Å². The molecule has 1 aromatic carbocycles. The molecule has 0 unspecified atom stereocenters. The fourth-order valence-corrected chi connectivity index (χ4v) is 4.10. The van der Waals surface area contributed by atoms with Crippen LogP contribution in [0.15, 0.2) is 43.0 Å². The van der Waals surface area contributed by atoms with Gasteiger partial charge in [-0.05, 0) is 32.3 Å². The van der Waals surface area contributed by atoms with Crippen molar-refractivity contribution >= 4 is 34.7 Å². The van der Waals surface area contributed by atoms with Crippen molar-refractivity contribution in [3.8, 4) is 0 Å². The molecule has 0 aliphatic rings. The van der Waals surface area contributed by atoms with Gasteiger partial charge in [-0.2, -0.15) is 5.10 Å². The van der Waals surface area contributed by atoms with Crippen molar-refractivity contribution in [3.63, 3.8) is 0 Å². The van der Waals surface area contributed by atoms with Crippen molar-refractivity contribution in [2.45, 2.75) is 64.6 Å². The third-order valence-corrected chi connectivity index (χ3v) is 6.56. The second kappa shape index (κ2) is 14.5. The lowest BCUT2D eigenvalue weighted by molar-refractivity contribution is -0.150. The first kappa shape index (κ1) is 30.0. The molecule has 0 saturated carbocycles. The lowest BCUT2D eigenvalue weighted by Crippen LogP contribution is -2.60. The largest absolute Gasteiger partial charge is 0.464 e. The van der Waals surface area contributed by atoms with Crippen LogP contribution >= 0.6 is 11.8 Å². The maximum Gasteiger partial charge on any atom is 0.331 e. The van der Waals surface area contributed by atoms with Crippen LogP contribution in [-0.2, 0) is 41.8 Å². The molecule has 2 N–H and O–H groups in total. The summed E-state index contributed by atoms with van der Waals surface area (Å²) >= 11 is 0.881. The molecule has 1 aromatic heterocycles. The summed E-state index contributed by atoms with van der Waals surface area (Å²) in [5.41, 5.74) is -0.469. The van der Waals surface area contributed by atoms with E-state index >= 15 is 0 Å². The standard InChI is InChI=1S/C25H35N5O6S/c1-6-36-23(33)19(14-35-13-18-10-8-7-9-11-18)28-24(34)25(4,5)29-22(32)21(17(2)3)37-20(31)12-30-16-26-15-27-30/h7-11,15-17,19,21H,6,12-14H2,1-5H3,(H,28,34)(H,29,32)/t19-,21+/m1/s1. The maximum atomic E-state index is 13.1. The molecule has 2 rings (SSSR count). The highest BCUT2D eigenvalue weighted by Gasteiger charge is 2.36. The van der Waals surface area contributed by atoms with Gasteiger partial charge in [-0.1, -0.05) is 55.9 Å².